The van der Waals surface area contributed by atoms with Crippen molar-refractivity contribution < 1.29 is 80.2 Å². The molecule has 0 saturated heterocycles. The highest BCUT2D eigenvalue weighted by Gasteiger charge is 2.30. The van der Waals surface area contributed by atoms with E-state index in [1.54, 1.807) is 0 Å². The lowest BCUT2D eigenvalue weighted by Gasteiger charge is -2.21. The lowest BCUT2D eigenvalue weighted by molar-refractivity contribution is -0.161. The van der Waals surface area contributed by atoms with Gasteiger partial charge in [-0.05, 0) is 31.6 Å². The Morgan fingerprint density at radius 1 is 0.333 bits per heavy atom. The Labute approximate surface area is 492 Å². The molecule has 0 aromatic carbocycles. The van der Waals surface area contributed by atoms with Gasteiger partial charge in [0.05, 0.1) is 26.4 Å². The maximum absolute atomic E-state index is 13.0. The molecule has 0 aromatic rings. The van der Waals surface area contributed by atoms with Gasteiger partial charge in [0.1, 0.15) is 19.3 Å². The van der Waals surface area contributed by atoms with E-state index in [1.165, 1.54) is 116 Å². The Bertz CT molecular complexity index is 1580. The second-order valence-corrected chi connectivity index (χ2v) is 25.8. The first-order valence-electron chi connectivity index (χ1n) is 32.6. The Balaban J connectivity index is 5.13. The molecule has 0 bridgehead atoms. The predicted molar refractivity (Wildman–Crippen MR) is 322 cm³/mol. The van der Waals surface area contributed by atoms with Gasteiger partial charge in [-0.1, -0.05) is 259 Å². The molecule has 0 aliphatic carbocycles. The summed E-state index contributed by atoms with van der Waals surface area (Å²) in [6.07, 6.45) is 39.5. The van der Waals surface area contributed by atoms with Crippen LogP contribution in [0.3, 0.4) is 0 Å². The molecule has 0 fully saturated rings. The van der Waals surface area contributed by atoms with Gasteiger partial charge in [0.15, 0.2) is 12.2 Å². The molecule has 0 aliphatic heterocycles. The van der Waals surface area contributed by atoms with Crippen LogP contribution in [0.2, 0.25) is 0 Å². The molecule has 19 heteroatoms. The lowest BCUT2D eigenvalue weighted by Crippen LogP contribution is -2.30. The molecule has 0 saturated carbocycles. The van der Waals surface area contributed by atoms with Crippen molar-refractivity contribution in [3.63, 3.8) is 0 Å². The molecule has 0 amide bonds. The number of hydrogen-bond donors (Lipinski definition) is 3. The molecule has 0 aliphatic rings. The molecule has 0 rings (SSSR count). The summed E-state index contributed by atoms with van der Waals surface area (Å²) >= 11 is 0. The Morgan fingerprint density at radius 2 is 0.568 bits per heavy atom. The molecular formula is C62H120O17P2. The third-order valence-corrected chi connectivity index (χ3v) is 16.2. The normalized spacial score (nSPS) is 14.3. The van der Waals surface area contributed by atoms with Crippen molar-refractivity contribution in [2.24, 2.45) is 5.92 Å². The minimum absolute atomic E-state index is 0.103. The number of unbranched alkanes of at least 4 members (excludes halogenated alkanes) is 34. The van der Waals surface area contributed by atoms with Crippen molar-refractivity contribution in [2.45, 2.75) is 329 Å². The summed E-state index contributed by atoms with van der Waals surface area (Å²) in [7, 11) is -9.87. The number of aliphatic hydroxyl groups excluding tert-OH is 1. The van der Waals surface area contributed by atoms with E-state index < -0.39 is 97.5 Å². The number of phosphoric ester groups is 2. The summed E-state index contributed by atoms with van der Waals surface area (Å²) in [5.74, 6) is -1.41. The standard InChI is InChI=1S/C62H120O17P2/c1-6-9-12-15-17-18-19-20-21-22-23-24-25-28-33-38-43-48-62(67)79-58(52-73-60(65)46-41-36-32-29-26-27-31-35-39-44-55(4)5)54-77-81(70,71)75-50-56(63)49-74-80(68,69)76-53-57(51-72-59(64)45-40-34-14-11-8-3)78-61(66)47-42-37-30-16-13-10-7-2/h55-58,63H,6-54H2,1-5H3,(H,68,69)(H,70,71)/t56-,57+,58+/m0/s1. The second kappa shape index (κ2) is 55.9. The van der Waals surface area contributed by atoms with E-state index in [0.717, 1.165) is 115 Å². The van der Waals surface area contributed by atoms with E-state index in [2.05, 4.69) is 34.6 Å². The monoisotopic (exact) mass is 1200 g/mol. The molecule has 3 N–H and O–H groups in total. The molecular weight excluding hydrogens is 1080 g/mol. The number of phosphoric acid groups is 2. The third-order valence-electron chi connectivity index (χ3n) is 14.3. The highest BCUT2D eigenvalue weighted by molar-refractivity contribution is 7.47. The molecule has 0 aromatic heterocycles. The van der Waals surface area contributed by atoms with Gasteiger partial charge in [-0.15, -0.1) is 0 Å². The van der Waals surface area contributed by atoms with Gasteiger partial charge in [-0.3, -0.25) is 37.3 Å². The number of hydrogen-bond acceptors (Lipinski definition) is 15. The number of esters is 4. The zero-order valence-electron chi connectivity index (χ0n) is 51.9. The Kier molecular flexibility index (Phi) is 54.6. The van der Waals surface area contributed by atoms with Crippen LogP contribution < -0.4 is 0 Å². The van der Waals surface area contributed by atoms with Gasteiger partial charge in [0.2, 0.25) is 0 Å². The van der Waals surface area contributed by atoms with Crippen molar-refractivity contribution in [3.8, 4) is 0 Å². The number of ether oxygens (including phenoxy) is 4. The van der Waals surface area contributed by atoms with Crippen LogP contribution in [0.1, 0.15) is 311 Å². The van der Waals surface area contributed by atoms with Crippen molar-refractivity contribution >= 4 is 39.5 Å². The molecule has 2 unspecified atom stereocenters. The summed E-state index contributed by atoms with van der Waals surface area (Å²) in [6.45, 7) is 7.03. The minimum Gasteiger partial charge on any atom is -0.462 e. The molecule has 0 radical (unpaired) electrons. The van der Waals surface area contributed by atoms with Gasteiger partial charge in [0.25, 0.3) is 0 Å². The second-order valence-electron chi connectivity index (χ2n) is 22.9. The zero-order chi connectivity index (χ0) is 59.9. The highest BCUT2D eigenvalue weighted by atomic mass is 31.2. The fraction of sp³-hybridized carbons (Fsp3) is 0.935. The van der Waals surface area contributed by atoms with Crippen molar-refractivity contribution in [2.75, 3.05) is 39.6 Å². The van der Waals surface area contributed by atoms with Crippen LogP contribution in [0, 0.1) is 5.92 Å². The van der Waals surface area contributed by atoms with Gasteiger partial charge in [-0.25, -0.2) is 9.13 Å². The van der Waals surface area contributed by atoms with Crippen LogP contribution in [0.25, 0.3) is 0 Å². The van der Waals surface area contributed by atoms with Gasteiger partial charge >= 0.3 is 39.5 Å². The predicted octanol–water partition coefficient (Wildman–Crippen LogP) is 17.0. The third kappa shape index (κ3) is 56.9. The molecule has 17 nitrogen and oxygen atoms in total. The van der Waals surface area contributed by atoms with Crippen molar-refractivity contribution in [1.29, 1.82) is 0 Å². The molecule has 81 heavy (non-hydrogen) atoms. The van der Waals surface area contributed by atoms with Crippen LogP contribution in [0.4, 0.5) is 0 Å². The fourth-order valence-electron chi connectivity index (χ4n) is 9.23. The first-order chi connectivity index (χ1) is 39.0. The number of rotatable bonds is 62. The molecule has 480 valence electrons. The largest absolute Gasteiger partial charge is 0.472 e. The number of carbonyl (C=O) groups is 4. The maximum atomic E-state index is 13.0. The maximum Gasteiger partial charge on any atom is 0.472 e. The van der Waals surface area contributed by atoms with Crippen LogP contribution in [0.5, 0.6) is 0 Å². The van der Waals surface area contributed by atoms with Gasteiger partial charge in [-0.2, -0.15) is 0 Å². The van der Waals surface area contributed by atoms with E-state index in [1.807, 2.05) is 0 Å². The topological polar surface area (TPSA) is 237 Å². The summed E-state index contributed by atoms with van der Waals surface area (Å²) in [5.41, 5.74) is 0. The lowest BCUT2D eigenvalue weighted by atomic mass is 10.0. The summed E-state index contributed by atoms with van der Waals surface area (Å²) < 4.78 is 67.6. The van der Waals surface area contributed by atoms with Crippen molar-refractivity contribution in [1.82, 2.24) is 0 Å². The Hall–Kier alpha value is -1.94. The van der Waals surface area contributed by atoms with Crippen LogP contribution in [0.15, 0.2) is 0 Å². The summed E-state index contributed by atoms with van der Waals surface area (Å²) in [5, 5.41) is 10.5. The number of aliphatic hydroxyl groups is 1. The average molecular weight is 1200 g/mol. The van der Waals surface area contributed by atoms with Crippen LogP contribution in [-0.4, -0.2) is 96.7 Å². The Morgan fingerprint density at radius 3 is 0.840 bits per heavy atom. The van der Waals surface area contributed by atoms with Gasteiger partial charge in [0, 0.05) is 25.7 Å². The van der Waals surface area contributed by atoms with Crippen molar-refractivity contribution in [3.05, 3.63) is 0 Å². The summed E-state index contributed by atoms with van der Waals surface area (Å²) in [4.78, 5) is 71.7. The first-order valence-corrected chi connectivity index (χ1v) is 35.6. The average Bonchev–Trinajstić information content (AvgIpc) is 3.43. The smallest absolute Gasteiger partial charge is 0.462 e. The van der Waals surface area contributed by atoms with E-state index >= 15 is 0 Å². The summed E-state index contributed by atoms with van der Waals surface area (Å²) in [6, 6.07) is 0. The molecule has 0 heterocycles. The van der Waals surface area contributed by atoms with E-state index in [-0.39, 0.29) is 25.7 Å². The zero-order valence-corrected chi connectivity index (χ0v) is 53.7. The van der Waals surface area contributed by atoms with Crippen LogP contribution >= 0.6 is 15.6 Å². The SMILES string of the molecule is CCCCCCCCCCCCCCCCCCCC(=O)O[C@H](COC(=O)CCCCCCCCCCCC(C)C)COP(=O)(O)OC[C@@H](O)COP(=O)(O)OC[C@@H](COC(=O)CCCCCCC)OC(=O)CCCCCCCCC. The molecule has 0 spiro atoms. The highest BCUT2D eigenvalue weighted by Crippen LogP contribution is 2.45. The first kappa shape index (κ1) is 79.1. The minimum atomic E-state index is -4.94. The fourth-order valence-corrected chi connectivity index (χ4v) is 10.8. The van der Waals surface area contributed by atoms with Crippen LogP contribution in [-0.2, 0) is 65.4 Å². The quantitative estimate of drug-likeness (QED) is 0.0222. The van der Waals surface area contributed by atoms with Gasteiger partial charge < -0.3 is 33.8 Å². The van der Waals surface area contributed by atoms with E-state index in [4.69, 9.17) is 37.0 Å². The molecule has 5 atom stereocenters. The number of carbonyl (C=O) groups excluding carboxylic acids is 4. The van der Waals surface area contributed by atoms with E-state index in [9.17, 15) is 43.2 Å². The van der Waals surface area contributed by atoms with E-state index in [0.29, 0.717) is 25.7 Å².